The first-order valence-electron chi connectivity index (χ1n) is 6.80. The van der Waals surface area contributed by atoms with Crippen LogP contribution in [0.3, 0.4) is 0 Å². The van der Waals surface area contributed by atoms with Crippen molar-refractivity contribution in [2.24, 2.45) is 0 Å². The molecule has 1 aliphatic rings. The molecule has 2 aromatic rings. The van der Waals surface area contributed by atoms with Gasteiger partial charge in [-0.25, -0.2) is 4.68 Å². The molecule has 0 saturated carbocycles. The highest BCUT2D eigenvalue weighted by molar-refractivity contribution is 7.98. The zero-order valence-electron chi connectivity index (χ0n) is 12.6. The monoisotopic (exact) mass is 306 g/mol. The van der Waals surface area contributed by atoms with Gasteiger partial charge in [-0.2, -0.15) is 16.9 Å². The maximum absolute atomic E-state index is 12.3. The summed E-state index contributed by atoms with van der Waals surface area (Å²) in [6.07, 6.45) is 0. The molecule has 0 spiro atoms. The summed E-state index contributed by atoms with van der Waals surface area (Å²) in [7, 11) is 0. The largest absolute Gasteiger partial charge is 0.361 e. The molecule has 0 aliphatic carbocycles. The molecule has 1 amide bonds. The van der Waals surface area contributed by atoms with Crippen molar-refractivity contribution in [2.45, 2.75) is 44.7 Å². The van der Waals surface area contributed by atoms with Crippen LogP contribution in [0.25, 0.3) is 0 Å². The van der Waals surface area contributed by atoms with Crippen molar-refractivity contribution >= 4 is 23.5 Å². The van der Waals surface area contributed by atoms with Crippen LogP contribution in [0.15, 0.2) is 10.6 Å². The van der Waals surface area contributed by atoms with Crippen LogP contribution in [-0.2, 0) is 17.0 Å². The van der Waals surface area contributed by atoms with Gasteiger partial charge in [0, 0.05) is 23.1 Å². The predicted molar refractivity (Wildman–Crippen MR) is 81.4 cm³/mol. The van der Waals surface area contributed by atoms with Crippen LogP contribution >= 0.6 is 11.8 Å². The first-order valence-corrected chi connectivity index (χ1v) is 7.95. The normalized spacial score (nSPS) is 14.3. The summed E-state index contributed by atoms with van der Waals surface area (Å²) in [5, 5.41) is 11.4. The SMILES string of the molecule is Cc1cc(C(=O)Nc2c3c(nn2C(C)(C)C)CSC3)no1. The highest BCUT2D eigenvalue weighted by Crippen LogP contribution is 2.37. The third-order valence-corrected chi connectivity index (χ3v) is 4.25. The summed E-state index contributed by atoms with van der Waals surface area (Å²) in [6.45, 7) is 7.96. The molecular weight excluding hydrogens is 288 g/mol. The van der Waals surface area contributed by atoms with Crippen molar-refractivity contribution in [3.63, 3.8) is 0 Å². The maximum atomic E-state index is 12.3. The molecule has 3 rings (SSSR count). The summed E-state index contributed by atoms with van der Waals surface area (Å²) in [6, 6.07) is 1.63. The van der Waals surface area contributed by atoms with E-state index in [2.05, 4.69) is 36.3 Å². The Labute approximate surface area is 127 Å². The molecule has 2 aromatic heterocycles. The second kappa shape index (κ2) is 4.91. The number of carbonyl (C=O) groups is 1. The van der Waals surface area contributed by atoms with Crippen molar-refractivity contribution in [2.75, 3.05) is 5.32 Å². The Kier molecular flexibility index (Phi) is 3.32. The summed E-state index contributed by atoms with van der Waals surface area (Å²) >= 11 is 1.81. The van der Waals surface area contributed by atoms with E-state index in [1.54, 1.807) is 13.0 Å². The summed E-state index contributed by atoms with van der Waals surface area (Å²) in [5.41, 5.74) is 2.26. The molecule has 0 radical (unpaired) electrons. The van der Waals surface area contributed by atoms with Crippen molar-refractivity contribution in [3.05, 3.63) is 28.8 Å². The van der Waals surface area contributed by atoms with Crippen LogP contribution in [0, 0.1) is 6.92 Å². The predicted octanol–water partition coefficient (Wildman–Crippen LogP) is 2.93. The van der Waals surface area contributed by atoms with Gasteiger partial charge in [0.05, 0.1) is 11.2 Å². The fraction of sp³-hybridized carbons (Fsp3) is 0.500. The molecule has 112 valence electrons. The average Bonchev–Trinajstić information content (AvgIpc) is 3.04. The van der Waals surface area contributed by atoms with Crippen LogP contribution in [0.1, 0.15) is 48.3 Å². The van der Waals surface area contributed by atoms with E-state index in [1.165, 1.54) is 0 Å². The van der Waals surface area contributed by atoms with Gasteiger partial charge in [0.25, 0.3) is 5.91 Å². The number of amides is 1. The zero-order valence-corrected chi connectivity index (χ0v) is 13.4. The number of anilines is 1. The molecule has 3 heterocycles. The maximum Gasteiger partial charge on any atom is 0.279 e. The first kappa shape index (κ1) is 14.2. The number of carbonyl (C=O) groups excluding carboxylic acids is 1. The Bertz CT molecular complexity index is 696. The molecule has 6 nitrogen and oxygen atoms in total. The summed E-state index contributed by atoms with van der Waals surface area (Å²) in [5.74, 6) is 2.89. The Balaban J connectivity index is 1.96. The lowest BCUT2D eigenvalue weighted by molar-refractivity contribution is 0.101. The molecule has 0 aromatic carbocycles. The van der Waals surface area contributed by atoms with Gasteiger partial charge in [-0.15, -0.1) is 0 Å². The van der Waals surface area contributed by atoms with E-state index in [4.69, 9.17) is 4.52 Å². The molecule has 21 heavy (non-hydrogen) atoms. The van der Waals surface area contributed by atoms with Gasteiger partial charge in [-0.1, -0.05) is 5.16 Å². The van der Waals surface area contributed by atoms with Crippen LogP contribution in [0.5, 0.6) is 0 Å². The highest BCUT2D eigenvalue weighted by Gasteiger charge is 2.29. The number of rotatable bonds is 2. The van der Waals surface area contributed by atoms with Gasteiger partial charge in [0.2, 0.25) is 0 Å². The lowest BCUT2D eigenvalue weighted by Gasteiger charge is -2.23. The summed E-state index contributed by atoms with van der Waals surface area (Å²) < 4.78 is 6.85. The first-order chi connectivity index (χ1) is 9.86. The second-order valence-corrected chi connectivity index (χ2v) is 7.11. The number of nitrogens with one attached hydrogen (secondary N) is 1. The van der Waals surface area contributed by atoms with E-state index in [0.717, 1.165) is 28.6 Å². The molecule has 0 fully saturated rings. The molecule has 0 saturated heterocycles. The smallest absolute Gasteiger partial charge is 0.279 e. The van der Waals surface area contributed by atoms with E-state index >= 15 is 0 Å². The number of thioether (sulfide) groups is 1. The molecule has 7 heteroatoms. The third kappa shape index (κ3) is 2.57. The van der Waals surface area contributed by atoms with Gasteiger partial charge >= 0.3 is 0 Å². The minimum Gasteiger partial charge on any atom is -0.361 e. The minimum absolute atomic E-state index is 0.197. The van der Waals surface area contributed by atoms with Crippen LogP contribution < -0.4 is 5.32 Å². The van der Waals surface area contributed by atoms with E-state index in [1.807, 2.05) is 16.4 Å². The van der Waals surface area contributed by atoms with Crippen molar-refractivity contribution in [3.8, 4) is 0 Å². The number of aryl methyl sites for hydroxylation is 1. The van der Waals surface area contributed by atoms with Gasteiger partial charge in [0.15, 0.2) is 5.69 Å². The number of fused-ring (bicyclic) bond motifs is 1. The molecule has 0 unspecified atom stereocenters. The quantitative estimate of drug-likeness (QED) is 0.923. The Morgan fingerprint density at radius 2 is 2.19 bits per heavy atom. The standard InChI is InChI=1S/C14H18N4O2S/c1-8-5-10(17-20-8)13(19)15-12-9-6-21-7-11(9)16-18(12)14(2,3)4/h5H,6-7H2,1-4H3,(H,15,19). The van der Waals surface area contributed by atoms with Crippen LogP contribution in [0.2, 0.25) is 0 Å². The fourth-order valence-electron chi connectivity index (χ4n) is 2.27. The number of aromatic nitrogens is 3. The Hall–Kier alpha value is -1.76. The molecule has 1 aliphatic heterocycles. The lowest BCUT2D eigenvalue weighted by atomic mass is 10.1. The third-order valence-electron chi connectivity index (χ3n) is 3.28. The van der Waals surface area contributed by atoms with Crippen molar-refractivity contribution in [1.82, 2.24) is 14.9 Å². The number of hydrogen-bond acceptors (Lipinski definition) is 5. The number of nitrogens with zero attached hydrogens (tertiary/aromatic N) is 3. The molecule has 0 bridgehead atoms. The molecule has 1 N–H and O–H groups in total. The van der Waals surface area contributed by atoms with Crippen LogP contribution in [-0.4, -0.2) is 20.8 Å². The lowest BCUT2D eigenvalue weighted by Crippen LogP contribution is -2.27. The average molecular weight is 306 g/mol. The van der Waals surface area contributed by atoms with Crippen molar-refractivity contribution < 1.29 is 9.32 Å². The van der Waals surface area contributed by atoms with Crippen LogP contribution in [0.4, 0.5) is 5.82 Å². The minimum atomic E-state index is -0.267. The van der Waals surface area contributed by atoms with Gasteiger partial charge in [-0.3, -0.25) is 4.79 Å². The van der Waals surface area contributed by atoms with Crippen molar-refractivity contribution in [1.29, 1.82) is 0 Å². The van der Waals surface area contributed by atoms with Gasteiger partial charge in [0.1, 0.15) is 11.6 Å². The Morgan fingerprint density at radius 1 is 1.43 bits per heavy atom. The summed E-state index contributed by atoms with van der Waals surface area (Å²) in [4.78, 5) is 12.3. The zero-order chi connectivity index (χ0) is 15.2. The number of hydrogen-bond donors (Lipinski definition) is 1. The van der Waals surface area contributed by atoms with E-state index in [-0.39, 0.29) is 17.1 Å². The highest BCUT2D eigenvalue weighted by atomic mass is 32.2. The van der Waals surface area contributed by atoms with E-state index < -0.39 is 0 Å². The Morgan fingerprint density at radius 3 is 2.81 bits per heavy atom. The molecular formula is C14H18N4O2S. The second-order valence-electron chi connectivity index (χ2n) is 6.13. The van der Waals surface area contributed by atoms with E-state index in [9.17, 15) is 4.79 Å². The van der Waals surface area contributed by atoms with Gasteiger partial charge < -0.3 is 9.84 Å². The van der Waals surface area contributed by atoms with Gasteiger partial charge in [-0.05, 0) is 27.7 Å². The molecule has 0 atom stereocenters. The fourth-order valence-corrected chi connectivity index (χ4v) is 3.31. The van der Waals surface area contributed by atoms with E-state index in [0.29, 0.717) is 5.76 Å². The topological polar surface area (TPSA) is 73.0 Å².